The largest absolute Gasteiger partial charge is 0.468 e. The van der Waals surface area contributed by atoms with E-state index in [-0.39, 0.29) is 11.7 Å². The number of carbonyl (C=O) groups excluding carboxylic acids is 1. The Hall–Kier alpha value is -2.33. The van der Waals surface area contributed by atoms with Crippen molar-refractivity contribution in [3.8, 4) is 11.8 Å². The molecule has 0 bridgehead atoms. The van der Waals surface area contributed by atoms with Gasteiger partial charge in [-0.05, 0) is 31.2 Å². The molecule has 0 aliphatic rings. The van der Waals surface area contributed by atoms with Crippen molar-refractivity contribution in [1.29, 1.82) is 5.26 Å². The third kappa shape index (κ3) is 2.97. The van der Waals surface area contributed by atoms with E-state index in [1.807, 2.05) is 23.6 Å². The molecule has 0 saturated heterocycles. The van der Waals surface area contributed by atoms with Crippen LogP contribution in [0.1, 0.15) is 11.4 Å². The van der Waals surface area contributed by atoms with Crippen LogP contribution in [-0.2, 0) is 9.53 Å². The highest BCUT2D eigenvalue weighted by atomic mass is 32.2. The highest BCUT2D eigenvalue weighted by Crippen LogP contribution is 2.22. The summed E-state index contributed by atoms with van der Waals surface area (Å²) >= 11 is 1.26. The second kappa shape index (κ2) is 6.21. The van der Waals surface area contributed by atoms with Crippen LogP contribution in [0.5, 0.6) is 0 Å². The molecule has 20 heavy (non-hydrogen) atoms. The van der Waals surface area contributed by atoms with Gasteiger partial charge in [-0.2, -0.15) is 5.26 Å². The fourth-order valence-corrected chi connectivity index (χ4v) is 2.43. The number of ether oxygens (including phenoxy) is 1. The molecule has 2 aromatic rings. The van der Waals surface area contributed by atoms with E-state index >= 15 is 0 Å². The number of aromatic nitrogens is 3. The van der Waals surface area contributed by atoms with Crippen LogP contribution < -0.4 is 0 Å². The van der Waals surface area contributed by atoms with Crippen LogP contribution in [0.15, 0.2) is 29.4 Å². The molecule has 6 nitrogen and oxygen atoms in total. The molecule has 1 aromatic heterocycles. The van der Waals surface area contributed by atoms with Gasteiger partial charge in [-0.1, -0.05) is 11.8 Å². The monoisotopic (exact) mass is 288 g/mol. The van der Waals surface area contributed by atoms with Crippen molar-refractivity contribution in [2.75, 3.05) is 12.9 Å². The van der Waals surface area contributed by atoms with Gasteiger partial charge in [0.1, 0.15) is 5.82 Å². The van der Waals surface area contributed by atoms with E-state index in [0.29, 0.717) is 16.5 Å². The molecule has 0 saturated carbocycles. The lowest BCUT2D eigenvalue weighted by atomic mass is 10.2. The lowest BCUT2D eigenvalue weighted by molar-refractivity contribution is -0.137. The minimum atomic E-state index is -0.318. The predicted octanol–water partition coefficient (Wildman–Crippen LogP) is 1.71. The predicted molar refractivity (Wildman–Crippen MR) is 73.6 cm³/mol. The zero-order valence-electron chi connectivity index (χ0n) is 11.0. The number of esters is 1. The van der Waals surface area contributed by atoms with Gasteiger partial charge in [0.15, 0.2) is 5.16 Å². The summed E-state index contributed by atoms with van der Waals surface area (Å²) in [6.07, 6.45) is 0. The summed E-state index contributed by atoms with van der Waals surface area (Å²) in [5.41, 5.74) is 1.43. The number of hydrogen-bond donors (Lipinski definition) is 0. The first kappa shape index (κ1) is 14.1. The van der Waals surface area contributed by atoms with Gasteiger partial charge in [-0.3, -0.25) is 9.36 Å². The third-order valence-corrected chi connectivity index (χ3v) is 3.50. The molecule has 0 fully saturated rings. The summed E-state index contributed by atoms with van der Waals surface area (Å²) < 4.78 is 6.43. The Balaban J connectivity index is 2.28. The molecular formula is C13H12N4O2S. The second-order valence-electron chi connectivity index (χ2n) is 3.89. The number of hydrogen-bond acceptors (Lipinski definition) is 6. The minimum Gasteiger partial charge on any atom is -0.468 e. The van der Waals surface area contributed by atoms with Crippen LogP contribution in [0.2, 0.25) is 0 Å². The molecule has 0 unspecified atom stereocenters. The van der Waals surface area contributed by atoms with E-state index in [4.69, 9.17) is 5.26 Å². The summed E-state index contributed by atoms with van der Waals surface area (Å²) in [5, 5.41) is 17.5. The van der Waals surface area contributed by atoms with Crippen molar-refractivity contribution < 1.29 is 9.53 Å². The Morgan fingerprint density at radius 3 is 2.70 bits per heavy atom. The number of nitrogens with zero attached hydrogens (tertiary/aromatic N) is 4. The van der Waals surface area contributed by atoms with Crippen LogP contribution in [0.25, 0.3) is 5.69 Å². The standard InChI is InChI=1S/C13H12N4O2S/c1-9-15-16-13(20-8-12(18)19-2)17(9)11-5-3-10(7-14)4-6-11/h3-6H,8H2,1-2H3. The number of carbonyl (C=O) groups is 1. The minimum absolute atomic E-state index is 0.172. The van der Waals surface area contributed by atoms with Crippen molar-refractivity contribution in [2.45, 2.75) is 12.1 Å². The summed E-state index contributed by atoms with van der Waals surface area (Å²) in [7, 11) is 1.35. The maximum absolute atomic E-state index is 11.2. The van der Waals surface area contributed by atoms with Crippen LogP contribution in [-0.4, -0.2) is 33.6 Å². The van der Waals surface area contributed by atoms with E-state index in [9.17, 15) is 4.79 Å². The summed E-state index contributed by atoms with van der Waals surface area (Å²) in [6.45, 7) is 1.83. The zero-order valence-corrected chi connectivity index (χ0v) is 11.8. The highest BCUT2D eigenvalue weighted by Gasteiger charge is 2.13. The molecule has 102 valence electrons. The number of thioether (sulfide) groups is 1. The van der Waals surface area contributed by atoms with Crippen LogP contribution in [0, 0.1) is 18.3 Å². The first-order chi connectivity index (χ1) is 9.65. The average Bonchev–Trinajstić information content (AvgIpc) is 2.85. The SMILES string of the molecule is COC(=O)CSc1nnc(C)n1-c1ccc(C#N)cc1. The summed E-state index contributed by atoms with van der Waals surface area (Å²) in [5.74, 6) is 0.564. The zero-order chi connectivity index (χ0) is 14.5. The third-order valence-electron chi connectivity index (χ3n) is 2.60. The Labute approximate surface area is 120 Å². The molecule has 0 aliphatic heterocycles. The van der Waals surface area contributed by atoms with E-state index in [2.05, 4.69) is 21.0 Å². The molecule has 0 spiro atoms. The van der Waals surface area contributed by atoms with Crippen LogP contribution in [0.4, 0.5) is 0 Å². The molecule has 0 atom stereocenters. The molecule has 1 heterocycles. The van der Waals surface area contributed by atoms with Gasteiger partial charge in [-0.25, -0.2) is 0 Å². The number of methoxy groups -OCH3 is 1. The van der Waals surface area contributed by atoms with E-state index in [1.165, 1.54) is 18.9 Å². The Kier molecular flexibility index (Phi) is 4.38. The Morgan fingerprint density at radius 2 is 2.10 bits per heavy atom. The molecular weight excluding hydrogens is 276 g/mol. The summed E-state index contributed by atoms with van der Waals surface area (Å²) in [6, 6.07) is 9.15. The van der Waals surface area contributed by atoms with Gasteiger partial charge in [0.25, 0.3) is 0 Å². The van der Waals surface area contributed by atoms with Crippen molar-refractivity contribution in [2.24, 2.45) is 0 Å². The summed E-state index contributed by atoms with van der Waals surface area (Å²) in [4.78, 5) is 11.2. The first-order valence-electron chi connectivity index (χ1n) is 5.78. The number of nitriles is 1. The average molecular weight is 288 g/mol. The van der Waals surface area contributed by atoms with E-state index in [1.54, 1.807) is 12.1 Å². The first-order valence-corrected chi connectivity index (χ1v) is 6.76. The van der Waals surface area contributed by atoms with Gasteiger partial charge < -0.3 is 4.74 Å². The number of rotatable bonds is 4. The van der Waals surface area contributed by atoms with Gasteiger partial charge >= 0.3 is 5.97 Å². The van der Waals surface area contributed by atoms with E-state index in [0.717, 1.165) is 5.69 Å². The topological polar surface area (TPSA) is 80.8 Å². The maximum atomic E-state index is 11.2. The van der Waals surface area contributed by atoms with E-state index < -0.39 is 0 Å². The van der Waals surface area contributed by atoms with Crippen molar-refractivity contribution >= 4 is 17.7 Å². The molecule has 1 aromatic carbocycles. The second-order valence-corrected chi connectivity index (χ2v) is 4.83. The molecule has 0 N–H and O–H groups in total. The van der Waals surface area contributed by atoms with Gasteiger partial charge in [-0.15, -0.1) is 10.2 Å². The maximum Gasteiger partial charge on any atom is 0.316 e. The smallest absolute Gasteiger partial charge is 0.316 e. The quantitative estimate of drug-likeness (QED) is 0.629. The van der Waals surface area contributed by atoms with Crippen molar-refractivity contribution in [1.82, 2.24) is 14.8 Å². The molecule has 7 heteroatoms. The molecule has 0 radical (unpaired) electrons. The fraction of sp³-hybridized carbons (Fsp3) is 0.231. The van der Waals surface area contributed by atoms with Gasteiger partial charge in [0, 0.05) is 5.69 Å². The van der Waals surface area contributed by atoms with Gasteiger partial charge in [0.2, 0.25) is 0 Å². The van der Waals surface area contributed by atoms with Crippen molar-refractivity contribution in [3.63, 3.8) is 0 Å². The van der Waals surface area contributed by atoms with Gasteiger partial charge in [0.05, 0.1) is 24.5 Å². The fourth-order valence-electron chi connectivity index (χ4n) is 1.60. The van der Waals surface area contributed by atoms with Crippen molar-refractivity contribution in [3.05, 3.63) is 35.7 Å². The Bertz CT molecular complexity index is 658. The molecule has 2 rings (SSSR count). The Morgan fingerprint density at radius 1 is 1.40 bits per heavy atom. The number of aryl methyl sites for hydroxylation is 1. The normalized spacial score (nSPS) is 10.1. The number of benzene rings is 1. The lowest BCUT2D eigenvalue weighted by Crippen LogP contribution is -2.05. The molecule has 0 aliphatic carbocycles. The van der Waals surface area contributed by atoms with Crippen LogP contribution >= 0.6 is 11.8 Å². The van der Waals surface area contributed by atoms with Crippen LogP contribution in [0.3, 0.4) is 0 Å². The highest BCUT2D eigenvalue weighted by molar-refractivity contribution is 7.99. The molecule has 0 amide bonds. The lowest BCUT2D eigenvalue weighted by Gasteiger charge is -2.07.